The van der Waals surface area contributed by atoms with E-state index in [4.69, 9.17) is 30.3 Å². The molecule has 0 aromatic heterocycles. The maximum Gasteiger partial charge on any atom is 0.132 e. The van der Waals surface area contributed by atoms with Crippen LogP contribution in [0.4, 0.5) is 13.2 Å². The molecule has 0 fully saturated rings. The van der Waals surface area contributed by atoms with Gasteiger partial charge in [0.25, 0.3) is 0 Å². The van der Waals surface area contributed by atoms with E-state index in [0.29, 0.717) is 28.4 Å². The van der Waals surface area contributed by atoms with E-state index < -0.39 is 24.4 Å². The van der Waals surface area contributed by atoms with Crippen LogP contribution in [0.2, 0.25) is 0 Å². The summed E-state index contributed by atoms with van der Waals surface area (Å²) in [6.07, 6.45) is 24.6. The van der Waals surface area contributed by atoms with Crippen molar-refractivity contribution in [3.63, 3.8) is 0 Å². The second-order valence-corrected chi connectivity index (χ2v) is 34.8. The third kappa shape index (κ3) is 41.0. The monoisotopic (exact) mass is 1900 g/mol. The molecule has 0 amide bonds. The first kappa shape index (κ1) is 108. The minimum atomic E-state index is -0.512. The molecule has 0 heterocycles. The highest BCUT2D eigenvalue weighted by atomic mass is 79.9. The van der Waals surface area contributed by atoms with Crippen LogP contribution < -0.4 is 0 Å². The molecule has 0 spiro atoms. The van der Waals surface area contributed by atoms with Crippen molar-refractivity contribution in [2.45, 2.75) is 230 Å². The maximum absolute atomic E-state index is 13.9. The zero-order chi connectivity index (χ0) is 93.1. The van der Waals surface area contributed by atoms with Gasteiger partial charge in [-0.25, -0.2) is 13.2 Å². The molecule has 696 valence electrons. The van der Waals surface area contributed by atoms with Crippen molar-refractivity contribution >= 4 is 31.9 Å². The molecule has 6 unspecified atom stereocenters. The summed E-state index contributed by atoms with van der Waals surface area (Å²) < 4.78 is 48.5. The Morgan fingerprint density at radius 1 is 0.238 bits per heavy atom. The lowest BCUT2D eigenvalue weighted by Crippen LogP contribution is -2.06. The Morgan fingerprint density at radius 3 is 0.823 bits per heavy atom. The van der Waals surface area contributed by atoms with Crippen molar-refractivity contribution in [1.82, 2.24) is 0 Å². The van der Waals surface area contributed by atoms with E-state index in [9.17, 15) is 38.7 Å². The Hall–Kier alpha value is -9.05. The van der Waals surface area contributed by atoms with Crippen LogP contribution in [0.3, 0.4) is 0 Å². The predicted molar refractivity (Wildman–Crippen MR) is 536 cm³/mol. The zero-order valence-corrected chi connectivity index (χ0v) is 79.2. The molecule has 12 aromatic carbocycles. The zero-order valence-electron chi connectivity index (χ0n) is 76.1. The third-order valence-electron chi connectivity index (χ3n) is 22.8. The number of hydrogen-bond donors (Lipinski definition) is 10. The molecule has 0 bridgehead atoms. The van der Waals surface area contributed by atoms with Gasteiger partial charge in [-0.3, -0.25) is 0 Å². The van der Waals surface area contributed by atoms with Gasteiger partial charge in [0.1, 0.15) is 17.5 Å². The summed E-state index contributed by atoms with van der Waals surface area (Å²) in [7, 11) is 0. The van der Waals surface area contributed by atoms with Crippen molar-refractivity contribution in [3.05, 3.63) is 357 Å². The molecule has 0 aliphatic rings. The molecule has 0 saturated heterocycles. The standard InChI is InChI=1S/C23H32O2.C19H23FO.C18H20BrFO2.C18H21BrO2.C18H21FO2.C18H22O2/c1-2-3-10-19-25-23(13-8-5-9-18-24)22-16-14-21(15-17-22)20-11-6-4-7-12-20;1-2-3-4-5-6-19(21)17-9-7-15(8-10-17)16-11-13-18(20)14-12-16;19-15-9-10-16(17(20)12-15)13-5-7-14(8-6-13)18(22)4-2-1-3-11-21;19-17-11-9-15(10-12-17)14-5-7-16(8-6-14)18(21)4-2-1-3-13-20;19-17-7-4-3-6-16(17)14-9-11-15(12-10-14)18(21)8-2-1-5-13-20;19-14-6-2-5-9-18(20)17-12-10-16(11-13-17)15-7-3-1-4-8-15/h4,6-7,11-12,14-17,23-24H,2-3,5,8-10,13,18-19H2,1H3;7-14,19,21H,2-6H2,1H3;5-10,12,18,21-22H,1-4,11H2;5-12,18,20-21H,1-4,13H2;3-4,6-7,9-12,18,20-21H,1-2,5,8,13H2;1,3-4,7-8,10-13,18-20H,2,5-6,9,14H2. The Bertz CT molecular complexity index is 4770. The summed E-state index contributed by atoms with van der Waals surface area (Å²) in [6.45, 7) is 6.39. The molecule has 11 nitrogen and oxygen atoms in total. The topological polar surface area (TPSA) is 212 Å². The minimum Gasteiger partial charge on any atom is -0.396 e. The molecule has 0 aliphatic carbocycles. The Labute approximate surface area is 789 Å². The number of ether oxygens (including phenoxy) is 1. The number of rotatable bonds is 47. The molecule has 6 atom stereocenters. The summed E-state index contributed by atoms with van der Waals surface area (Å²) >= 11 is 6.68. The van der Waals surface area contributed by atoms with Crippen molar-refractivity contribution < 1.29 is 69.0 Å². The normalized spacial score (nSPS) is 12.3. The lowest BCUT2D eigenvalue weighted by atomic mass is 9.99. The number of aliphatic hydroxyl groups excluding tert-OH is 10. The maximum atomic E-state index is 13.9. The van der Waals surface area contributed by atoms with E-state index in [0.717, 1.165) is 202 Å². The summed E-state index contributed by atoms with van der Waals surface area (Å²) in [5.74, 6) is -0.737. The van der Waals surface area contributed by atoms with E-state index in [1.54, 1.807) is 30.3 Å². The predicted octanol–water partition coefficient (Wildman–Crippen LogP) is 29.2. The van der Waals surface area contributed by atoms with Crippen LogP contribution in [-0.4, -0.2) is 90.7 Å². The second-order valence-electron chi connectivity index (χ2n) is 32.9. The number of aliphatic hydroxyl groups is 10. The second kappa shape index (κ2) is 64.7. The molecule has 12 rings (SSSR count). The van der Waals surface area contributed by atoms with Gasteiger partial charge in [-0.1, -0.05) is 403 Å². The molecular weight excluding hydrogens is 1760 g/mol. The first-order valence-electron chi connectivity index (χ1n) is 46.9. The molecule has 0 saturated carbocycles. The number of halogens is 5. The molecule has 16 heteroatoms. The van der Waals surface area contributed by atoms with Crippen LogP contribution in [0, 0.1) is 17.5 Å². The van der Waals surface area contributed by atoms with Crippen LogP contribution in [0.25, 0.3) is 66.8 Å². The average Bonchev–Trinajstić information content (AvgIpc) is 0.808. The fraction of sp³-hybridized carbons (Fsp3) is 0.368. The smallest absolute Gasteiger partial charge is 0.132 e. The molecule has 10 N–H and O–H groups in total. The highest BCUT2D eigenvalue weighted by Gasteiger charge is 2.17. The van der Waals surface area contributed by atoms with Crippen LogP contribution in [-0.2, 0) is 4.74 Å². The van der Waals surface area contributed by atoms with Gasteiger partial charge in [0.05, 0.1) is 36.6 Å². The summed E-state index contributed by atoms with van der Waals surface area (Å²) in [6, 6.07) is 94.6. The van der Waals surface area contributed by atoms with Gasteiger partial charge in [0.15, 0.2) is 0 Å². The summed E-state index contributed by atoms with van der Waals surface area (Å²) in [4.78, 5) is 0. The first-order valence-corrected chi connectivity index (χ1v) is 48.5. The number of unbranched alkanes of at least 4 members (excludes halogenated alkanes) is 15. The molecular formula is C114H139Br2F3O11. The SMILES string of the molecule is CCCCCCC(O)c1ccc(-c2ccc(F)cc2)cc1.CCCCCOC(CCCCCO)c1ccc(-c2ccccc2)cc1.OCCCCCC(O)c1ccc(-c2ccc(Br)cc2)cc1.OCCCCCC(O)c1ccc(-c2ccc(Br)cc2F)cc1.OCCCCCC(O)c1ccc(-c2ccccc2)cc1.OCCCCCC(O)c1ccc(-c2ccccc2F)cc1. The van der Waals surface area contributed by atoms with Crippen molar-refractivity contribution in [2.24, 2.45) is 0 Å². The van der Waals surface area contributed by atoms with Crippen LogP contribution in [0.15, 0.2) is 306 Å². The molecule has 0 aliphatic heterocycles. The van der Waals surface area contributed by atoms with Crippen molar-refractivity contribution in [1.29, 1.82) is 0 Å². The van der Waals surface area contributed by atoms with Gasteiger partial charge in [0.2, 0.25) is 0 Å². The summed E-state index contributed by atoms with van der Waals surface area (Å²) in [5, 5.41) is 94.5. The minimum absolute atomic E-state index is 0.167. The van der Waals surface area contributed by atoms with E-state index in [1.807, 2.05) is 146 Å². The number of benzene rings is 12. The van der Waals surface area contributed by atoms with Crippen LogP contribution in [0.1, 0.15) is 264 Å². The van der Waals surface area contributed by atoms with E-state index >= 15 is 0 Å². The van der Waals surface area contributed by atoms with E-state index in [1.165, 1.54) is 89.8 Å². The van der Waals surface area contributed by atoms with Gasteiger partial charge in [-0.2, -0.15) is 0 Å². The van der Waals surface area contributed by atoms with Gasteiger partial charge < -0.3 is 55.8 Å². The summed E-state index contributed by atoms with van der Waals surface area (Å²) in [5.41, 5.74) is 17.7. The fourth-order valence-corrected chi connectivity index (χ4v) is 15.6. The Kier molecular flexibility index (Phi) is 53.7. The van der Waals surface area contributed by atoms with Gasteiger partial charge in [-0.15, -0.1) is 0 Å². The average molecular weight is 1900 g/mol. The van der Waals surface area contributed by atoms with Crippen LogP contribution >= 0.6 is 31.9 Å². The highest BCUT2D eigenvalue weighted by molar-refractivity contribution is 9.10. The first-order chi connectivity index (χ1) is 63.4. The van der Waals surface area contributed by atoms with Crippen molar-refractivity contribution in [3.8, 4) is 66.8 Å². The molecule has 0 radical (unpaired) electrons. The molecule has 12 aromatic rings. The van der Waals surface area contributed by atoms with E-state index in [2.05, 4.69) is 143 Å². The fourth-order valence-electron chi connectivity index (χ4n) is 15.0. The van der Waals surface area contributed by atoms with Gasteiger partial charge >= 0.3 is 0 Å². The lowest BCUT2D eigenvalue weighted by Gasteiger charge is -2.19. The Morgan fingerprint density at radius 2 is 0.500 bits per heavy atom. The van der Waals surface area contributed by atoms with E-state index in [-0.39, 0.29) is 62.7 Å². The molecule has 130 heavy (non-hydrogen) atoms. The lowest BCUT2D eigenvalue weighted by molar-refractivity contribution is 0.0421. The highest BCUT2D eigenvalue weighted by Crippen LogP contribution is 2.35. The van der Waals surface area contributed by atoms with Gasteiger partial charge in [0, 0.05) is 59.7 Å². The number of hydrogen-bond acceptors (Lipinski definition) is 11. The third-order valence-corrected chi connectivity index (χ3v) is 23.8. The quantitative estimate of drug-likeness (QED) is 0.0162. The van der Waals surface area contributed by atoms with Gasteiger partial charge in [-0.05, 0) is 209 Å². The van der Waals surface area contributed by atoms with Crippen LogP contribution in [0.5, 0.6) is 0 Å². The van der Waals surface area contributed by atoms with Crippen molar-refractivity contribution in [2.75, 3.05) is 39.6 Å². The Balaban J connectivity index is 0.000000214. The largest absolute Gasteiger partial charge is 0.396 e.